The highest BCUT2D eigenvalue weighted by Crippen LogP contribution is 2.28. The molecule has 0 saturated carbocycles. The summed E-state index contributed by atoms with van der Waals surface area (Å²) in [5, 5.41) is 18.9. The molecule has 5 heteroatoms. The van der Waals surface area contributed by atoms with E-state index in [0.717, 1.165) is 5.56 Å². The van der Waals surface area contributed by atoms with Gasteiger partial charge < -0.3 is 19.4 Å². The third-order valence-electron chi connectivity index (χ3n) is 2.85. The standard InChI is InChI=1S/C14H14O5/c1-8-3-4-9(7-12(8)18-2)13(15)10-5-6-11(19-10)14(16)17/h3-7,13,15H,1-2H3,(H,16,17). The van der Waals surface area contributed by atoms with Crippen molar-refractivity contribution < 1.29 is 24.2 Å². The molecule has 5 nitrogen and oxygen atoms in total. The number of benzene rings is 1. The maximum Gasteiger partial charge on any atom is 0.371 e. The van der Waals surface area contributed by atoms with Gasteiger partial charge in [0.15, 0.2) is 0 Å². The first-order valence-electron chi connectivity index (χ1n) is 5.68. The Morgan fingerprint density at radius 3 is 2.63 bits per heavy atom. The molecule has 2 aromatic rings. The summed E-state index contributed by atoms with van der Waals surface area (Å²) in [7, 11) is 1.55. The predicted octanol–water partition coefficient (Wildman–Crippen LogP) is 2.38. The first-order valence-corrected chi connectivity index (χ1v) is 5.68. The molecule has 1 aromatic heterocycles. The largest absolute Gasteiger partial charge is 0.496 e. The normalized spacial score (nSPS) is 12.2. The number of hydrogen-bond acceptors (Lipinski definition) is 4. The minimum Gasteiger partial charge on any atom is -0.496 e. The van der Waals surface area contributed by atoms with Crippen LogP contribution in [0.25, 0.3) is 0 Å². The number of aliphatic hydroxyl groups excluding tert-OH is 1. The van der Waals surface area contributed by atoms with E-state index in [4.69, 9.17) is 14.3 Å². The van der Waals surface area contributed by atoms with E-state index in [0.29, 0.717) is 11.3 Å². The van der Waals surface area contributed by atoms with E-state index in [1.54, 1.807) is 19.2 Å². The average Bonchev–Trinajstić information content (AvgIpc) is 2.88. The number of furan rings is 1. The van der Waals surface area contributed by atoms with Gasteiger partial charge in [-0.25, -0.2) is 4.79 Å². The van der Waals surface area contributed by atoms with Crippen LogP contribution >= 0.6 is 0 Å². The van der Waals surface area contributed by atoms with Crippen LogP contribution in [0.2, 0.25) is 0 Å². The lowest BCUT2D eigenvalue weighted by Crippen LogP contribution is -2.00. The molecule has 0 aliphatic rings. The van der Waals surface area contributed by atoms with Gasteiger partial charge in [0.05, 0.1) is 7.11 Å². The fourth-order valence-corrected chi connectivity index (χ4v) is 1.79. The third-order valence-corrected chi connectivity index (χ3v) is 2.85. The van der Waals surface area contributed by atoms with E-state index in [-0.39, 0.29) is 11.5 Å². The Kier molecular flexibility index (Phi) is 3.57. The second-order valence-corrected chi connectivity index (χ2v) is 4.14. The summed E-state index contributed by atoms with van der Waals surface area (Å²) in [6.07, 6.45) is -1.03. The number of aromatic carboxylic acids is 1. The van der Waals surface area contributed by atoms with E-state index in [9.17, 15) is 9.90 Å². The number of ether oxygens (including phenoxy) is 1. The summed E-state index contributed by atoms with van der Waals surface area (Å²) in [6, 6.07) is 8.01. The molecule has 1 heterocycles. The average molecular weight is 262 g/mol. The van der Waals surface area contributed by atoms with Gasteiger partial charge in [-0.3, -0.25) is 0 Å². The van der Waals surface area contributed by atoms with Gasteiger partial charge in [-0.1, -0.05) is 12.1 Å². The molecule has 19 heavy (non-hydrogen) atoms. The number of aryl methyl sites for hydroxylation is 1. The highest BCUT2D eigenvalue weighted by molar-refractivity contribution is 5.84. The first-order chi connectivity index (χ1) is 9.02. The Balaban J connectivity index is 2.32. The van der Waals surface area contributed by atoms with Gasteiger partial charge >= 0.3 is 5.97 Å². The van der Waals surface area contributed by atoms with Crippen molar-refractivity contribution in [2.24, 2.45) is 0 Å². The number of rotatable bonds is 4. The molecule has 0 aliphatic heterocycles. The van der Waals surface area contributed by atoms with Crippen molar-refractivity contribution in [3.63, 3.8) is 0 Å². The Bertz CT molecular complexity index is 600. The molecule has 0 fully saturated rings. The zero-order valence-electron chi connectivity index (χ0n) is 10.6. The maximum absolute atomic E-state index is 10.7. The van der Waals surface area contributed by atoms with Crippen LogP contribution in [0, 0.1) is 6.92 Å². The van der Waals surface area contributed by atoms with Gasteiger partial charge in [-0.05, 0) is 36.2 Å². The van der Waals surface area contributed by atoms with Crippen molar-refractivity contribution in [3.8, 4) is 5.75 Å². The van der Waals surface area contributed by atoms with Gasteiger partial charge in [-0.2, -0.15) is 0 Å². The topological polar surface area (TPSA) is 79.9 Å². The molecule has 0 bridgehead atoms. The van der Waals surface area contributed by atoms with E-state index >= 15 is 0 Å². The number of carboxylic acid groups (broad SMARTS) is 1. The molecule has 100 valence electrons. The van der Waals surface area contributed by atoms with Gasteiger partial charge in [0.2, 0.25) is 5.76 Å². The Morgan fingerprint density at radius 2 is 2.05 bits per heavy atom. The van der Waals surface area contributed by atoms with Gasteiger partial charge in [-0.15, -0.1) is 0 Å². The molecule has 0 saturated heterocycles. The summed E-state index contributed by atoms with van der Waals surface area (Å²) >= 11 is 0. The number of methoxy groups -OCH3 is 1. The first kappa shape index (κ1) is 13.2. The molecule has 0 radical (unpaired) electrons. The number of aliphatic hydroxyl groups is 1. The second-order valence-electron chi connectivity index (χ2n) is 4.14. The van der Waals surface area contributed by atoms with Crippen molar-refractivity contribution in [2.75, 3.05) is 7.11 Å². The second kappa shape index (κ2) is 5.16. The summed E-state index contributed by atoms with van der Waals surface area (Å²) in [4.78, 5) is 10.7. The maximum atomic E-state index is 10.7. The van der Waals surface area contributed by atoms with Crippen molar-refractivity contribution in [2.45, 2.75) is 13.0 Å². The number of carboxylic acids is 1. The monoisotopic (exact) mass is 262 g/mol. The summed E-state index contributed by atoms with van der Waals surface area (Å²) < 4.78 is 10.3. The van der Waals surface area contributed by atoms with Crippen molar-refractivity contribution in [1.29, 1.82) is 0 Å². The minimum absolute atomic E-state index is 0.184. The van der Waals surface area contributed by atoms with Gasteiger partial charge in [0.25, 0.3) is 0 Å². The van der Waals surface area contributed by atoms with Crippen molar-refractivity contribution in [1.82, 2.24) is 0 Å². The van der Waals surface area contributed by atoms with Crippen molar-refractivity contribution in [3.05, 3.63) is 53.0 Å². The van der Waals surface area contributed by atoms with Gasteiger partial charge in [0, 0.05) is 0 Å². The lowest BCUT2D eigenvalue weighted by Gasteiger charge is -2.11. The van der Waals surface area contributed by atoms with Crippen LogP contribution in [0.4, 0.5) is 0 Å². The van der Waals surface area contributed by atoms with E-state index in [2.05, 4.69) is 0 Å². The Morgan fingerprint density at radius 1 is 1.32 bits per heavy atom. The predicted molar refractivity (Wildman–Crippen MR) is 67.5 cm³/mol. The number of carbonyl (C=O) groups is 1. The fraction of sp³-hybridized carbons (Fsp3) is 0.214. The summed E-state index contributed by atoms with van der Waals surface area (Å²) in [6.45, 7) is 1.89. The third kappa shape index (κ3) is 2.61. The number of hydrogen-bond donors (Lipinski definition) is 2. The van der Waals surface area contributed by atoms with Crippen LogP contribution in [-0.4, -0.2) is 23.3 Å². The molecule has 0 spiro atoms. The highest BCUT2D eigenvalue weighted by atomic mass is 16.5. The zero-order chi connectivity index (χ0) is 14.0. The molecule has 1 atom stereocenters. The molecule has 1 aromatic carbocycles. The van der Waals surface area contributed by atoms with Crippen LogP contribution in [0.1, 0.15) is 33.5 Å². The molecular formula is C14H14O5. The van der Waals surface area contributed by atoms with Gasteiger partial charge in [0.1, 0.15) is 17.6 Å². The molecule has 2 rings (SSSR count). The van der Waals surface area contributed by atoms with E-state index < -0.39 is 12.1 Å². The fourth-order valence-electron chi connectivity index (χ4n) is 1.79. The van der Waals surface area contributed by atoms with E-state index in [1.165, 1.54) is 12.1 Å². The Hall–Kier alpha value is -2.27. The van der Waals surface area contributed by atoms with Crippen LogP contribution in [0.5, 0.6) is 5.75 Å². The zero-order valence-corrected chi connectivity index (χ0v) is 10.6. The molecule has 2 N–H and O–H groups in total. The smallest absolute Gasteiger partial charge is 0.371 e. The van der Waals surface area contributed by atoms with Crippen molar-refractivity contribution >= 4 is 5.97 Å². The lowest BCUT2D eigenvalue weighted by atomic mass is 10.0. The summed E-state index contributed by atoms with van der Waals surface area (Å²) in [5.74, 6) is -0.530. The molecule has 1 unspecified atom stereocenters. The summed E-state index contributed by atoms with van der Waals surface area (Å²) in [5.41, 5.74) is 1.53. The Labute approximate surface area is 110 Å². The van der Waals surface area contributed by atoms with E-state index in [1.807, 2.05) is 13.0 Å². The van der Waals surface area contributed by atoms with Crippen LogP contribution in [0.3, 0.4) is 0 Å². The SMILES string of the molecule is COc1cc(C(O)c2ccc(C(=O)O)o2)ccc1C. The molecular weight excluding hydrogens is 248 g/mol. The van der Waals surface area contributed by atoms with Crippen LogP contribution < -0.4 is 4.74 Å². The highest BCUT2D eigenvalue weighted by Gasteiger charge is 2.18. The molecule has 0 amide bonds. The minimum atomic E-state index is -1.17. The van der Waals surface area contributed by atoms with Crippen LogP contribution in [-0.2, 0) is 0 Å². The van der Waals surface area contributed by atoms with Crippen LogP contribution in [0.15, 0.2) is 34.7 Å². The quantitative estimate of drug-likeness (QED) is 0.884. The molecule has 0 aliphatic carbocycles. The lowest BCUT2D eigenvalue weighted by molar-refractivity contribution is 0.0655.